The lowest BCUT2D eigenvalue weighted by Gasteiger charge is -1.97. The number of nitrogens with one attached hydrogen (secondary N) is 1. The number of nitrogens with zero attached hydrogens (tertiary/aromatic N) is 1. The van der Waals surface area contributed by atoms with Crippen LogP contribution in [0.2, 0.25) is 0 Å². The summed E-state index contributed by atoms with van der Waals surface area (Å²) in [5.74, 6) is 0.870. The average Bonchev–Trinajstić information content (AvgIpc) is 2.30. The lowest BCUT2D eigenvalue weighted by molar-refractivity contribution is 1.17. The van der Waals surface area contributed by atoms with Crippen molar-refractivity contribution in [3.8, 4) is 0 Å². The van der Waals surface area contributed by atoms with E-state index in [2.05, 4.69) is 9.97 Å². The minimum absolute atomic E-state index is 0.578. The summed E-state index contributed by atoms with van der Waals surface area (Å²) >= 11 is 0. The number of nitrogens with two attached hydrogens (primary N) is 2. The molecule has 0 spiro atoms. The molecule has 0 saturated heterocycles. The summed E-state index contributed by atoms with van der Waals surface area (Å²) in [6.45, 7) is 1.90. The molecule has 2 aromatic rings. The van der Waals surface area contributed by atoms with Crippen LogP contribution in [0.15, 0.2) is 12.1 Å². The van der Waals surface area contributed by atoms with Crippen LogP contribution < -0.4 is 11.5 Å². The van der Waals surface area contributed by atoms with Crippen molar-refractivity contribution in [2.24, 2.45) is 0 Å². The first-order valence-electron chi connectivity index (χ1n) is 3.68. The summed E-state index contributed by atoms with van der Waals surface area (Å²) in [5, 5.41) is 0. The second-order valence-corrected chi connectivity index (χ2v) is 2.82. The van der Waals surface area contributed by atoms with Crippen molar-refractivity contribution in [2.45, 2.75) is 6.92 Å². The Kier molecular flexibility index (Phi) is 1.24. The molecule has 0 amide bonds. The van der Waals surface area contributed by atoms with Crippen LogP contribution in [-0.2, 0) is 0 Å². The molecule has 1 aromatic heterocycles. The fraction of sp³-hybridized carbons (Fsp3) is 0.125. The summed E-state index contributed by atoms with van der Waals surface area (Å²) in [4.78, 5) is 7.30. The highest BCUT2D eigenvalue weighted by Gasteiger charge is 2.01. The number of aromatic amines is 1. The lowest BCUT2D eigenvalue weighted by atomic mass is 10.2. The summed E-state index contributed by atoms with van der Waals surface area (Å²) in [5.41, 5.74) is 14.2. The molecule has 0 aliphatic carbocycles. The Morgan fingerprint density at radius 3 is 2.67 bits per heavy atom. The molecule has 62 valence electrons. The highest BCUT2D eigenvalue weighted by Crippen LogP contribution is 2.21. The van der Waals surface area contributed by atoms with E-state index in [-0.39, 0.29) is 0 Å². The van der Waals surface area contributed by atoms with Gasteiger partial charge in [-0.3, -0.25) is 0 Å². The number of H-pyrrole nitrogens is 1. The Balaban J connectivity index is 2.83. The molecule has 0 atom stereocenters. The number of hydrogen-bond donors (Lipinski definition) is 3. The molecular weight excluding hydrogens is 152 g/mol. The van der Waals surface area contributed by atoms with Crippen molar-refractivity contribution < 1.29 is 0 Å². The number of imidazole rings is 1. The molecule has 12 heavy (non-hydrogen) atoms. The summed E-state index contributed by atoms with van der Waals surface area (Å²) in [7, 11) is 0. The maximum atomic E-state index is 5.62. The molecule has 0 radical (unpaired) electrons. The van der Waals surface area contributed by atoms with E-state index in [4.69, 9.17) is 11.5 Å². The molecule has 1 aromatic carbocycles. The van der Waals surface area contributed by atoms with Crippen molar-refractivity contribution >= 4 is 22.4 Å². The third-order valence-electron chi connectivity index (χ3n) is 1.81. The molecular formula is C8H10N4. The van der Waals surface area contributed by atoms with Crippen molar-refractivity contribution in [3.63, 3.8) is 0 Å². The van der Waals surface area contributed by atoms with Gasteiger partial charge in [-0.25, -0.2) is 4.98 Å². The quantitative estimate of drug-likeness (QED) is 0.506. The second-order valence-electron chi connectivity index (χ2n) is 2.82. The van der Waals surface area contributed by atoms with E-state index in [0.717, 1.165) is 16.9 Å². The van der Waals surface area contributed by atoms with Crippen LogP contribution in [0.1, 0.15) is 5.82 Å². The van der Waals surface area contributed by atoms with Gasteiger partial charge in [0.1, 0.15) is 5.82 Å². The van der Waals surface area contributed by atoms with E-state index in [1.807, 2.05) is 6.92 Å². The number of hydrogen-bond acceptors (Lipinski definition) is 3. The molecule has 2 rings (SSSR count). The van der Waals surface area contributed by atoms with E-state index < -0.39 is 0 Å². The van der Waals surface area contributed by atoms with Crippen LogP contribution in [0.4, 0.5) is 11.4 Å². The molecule has 0 saturated carbocycles. The molecule has 0 unspecified atom stereocenters. The van der Waals surface area contributed by atoms with Crippen LogP contribution >= 0.6 is 0 Å². The van der Waals surface area contributed by atoms with Gasteiger partial charge in [-0.15, -0.1) is 0 Å². The Hall–Kier alpha value is -1.71. The first-order valence-corrected chi connectivity index (χ1v) is 3.68. The Labute approximate surface area is 69.6 Å². The van der Waals surface area contributed by atoms with Crippen molar-refractivity contribution in [1.82, 2.24) is 9.97 Å². The van der Waals surface area contributed by atoms with Gasteiger partial charge in [0.25, 0.3) is 0 Å². The van der Waals surface area contributed by atoms with Gasteiger partial charge in [0.15, 0.2) is 0 Å². The molecule has 5 N–H and O–H groups in total. The Morgan fingerprint density at radius 2 is 1.92 bits per heavy atom. The molecule has 4 nitrogen and oxygen atoms in total. The number of aromatic nitrogens is 2. The number of rotatable bonds is 0. The van der Waals surface area contributed by atoms with Crippen molar-refractivity contribution in [1.29, 1.82) is 0 Å². The van der Waals surface area contributed by atoms with E-state index in [1.165, 1.54) is 0 Å². The van der Waals surface area contributed by atoms with E-state index in [9.17, 15) is 0 Å². The standard InChI is InChI=1S/C8H10N4/c1-4-11-7-2-5(9)6(10)3-8(7)12-4/h2-3H,9-10H2,1H3,(H,11,12). The van der Waals surface area contributed by atoms with Crippen LogP contribution in [0.3, 0.4) is 0 Å². The van der Waals surface area contributed by atoms with Crippen LogP contribution in [0.5, 0.6) is 0 Å². The zero-order valence-electron chi connectivity index (χ0n) is 6.76. The van der Waals surface area contributed by atoms with E-state index in [0.29, 0.717) is 11.4 Å². The van der Waals surface area contributed by atoms with E-state index >= 15 is 0 Å². The number of anilines is 2. The summed E-state index contributed by atoms with van der Waals surface area (Å²) in [6.07, 6.45) is 0. The van der Waals surface area contributed by atoms with Gasteiger partial charge >= 0.3 is 0 Å². The first kappa shape index (κ1) is 6.97. The maximum absolute atomic E-state index is 5.62. The molecule has 0 bridgehead atoms. The first-order chi connectivity index (χ1) is 5.66. The monoisotopic (exact) mass is 162 g/mol. The zero-order valence-corrected chi connectivity index (χ0v) is 6.76. The van der Waals surface area contributed by atoms with Gasteiger partial charge in [0, 0.05) is 0 Å². The third kappa shape index (κ3) is 0.887. The third-order valence-corrected chi connectivity index (χ3v) is 1.81. The summed E-state index contributed by atoms with van der Waals surface area (Å²) < 4.78 is 0. The van der Waals surface area contributed by atoms with Gasteiger partial charge in [0.2, 0.25) is 0 Å². The largest absolute Gasteiger partial charge is 0.397 e. The van der Waals surface area contributed by atoms with Gasteiger partial charge < -0.3 is 16.5 Å². The predicted molar refractivity (Wildman–Crippen MR) is 49.7 cm³/mol. The SMILES string of the molecule is Cc1nc2cc(N)c(N)cc2[nH]1. The number of fused-ring (bicyclic) bond motifs is 1. The van der Waals surface area contributed by atoms with E-state index in [1.54, 1.807) is 12.1 Å². The van der Waals surface area contributed by atoms with Gasteiger partial charge in [0.05, 0.1) is 22.4 Å². The number of aryl methyl sites for hydroxylation is 1. The number of benzene rings is 1. The fourth-order valence-electron chi connectivity index (χ4n) is 1.22. The molecule has 0 aliphatic rings. The van der Waals surface area contributed by atoms with Gasteiger partial charge in [-0.2, -0.15) is 0 Å². The molecule has 1 heterocycles. The van der Waals surface area contributed by atoms with Crippen LogP contribution in [0.25, 0.3) is 11.0 Å². The Morgan fingerprint density at radius 1 is 1.25 bits per heavy atom. The summed E-state index contributed by atoms with van der Waals surface area (Å²) in [6, 6.07) is 3.57. The lowest BCUT2D eigenvalue weighted by Crippen LogP contribution is -1.93. The fourth-order valence-corrected chi connectivity index (χ4v) is 1.22. The smallest absolute Gasteiger partial charge is 0.104 e. The topological polar surface area (TPSA) is 80.7 Å². The van der Waals surface area contributed by atoms with Crippen molar-refractivity contribution in [2.75, 3.05) is 11.5 Å². The van der Waals surface area contributed by atoms with Crippen LogP contribution in [-0.4, -0.2) is 9.97 Å². The van der Waals surface area contributed by atoms with Crippen LogP contribution in [0, 0.1) is 6.92 Å². The minimum atomic E-state index is 0.578. The van der Waals surface area contributed by atoms with Crippen molar-refractivity contribution in [3.05, 3.63) is 18.0 Å². The predicted octanol–water partition coefficient (Wildman–Crippen LogP) is 1.04. The molecule has 0 aliphatic heterocycles. The maximum Gasteiger partial charge on any atom is 0.104 e. The average molecular weight is 162 g/mol. The molecule has 0 fully saturated rings. The molecule has 4 heteroatoms. The number of nitrogen functional groups attached to an aromatic ring is 2. The second kappa shape index (κ2) is 2.14. The minimum Gasteiger partial charge on any atom is -0.397 e. The Bertz CT molecular complexity index is 391. The van der Waals surface area contributed by atoms with Gasteiger partial charge in [-0.1, -0.05) is 0 Å². The zero-order chi connectivity index (χ0) is 8.72. The van der Waals surface area contributed by atoms with Gasteiger partial charge in [-0.05, 0) is 19.1 Å². The highest BCUT2D eigenvalue weighted by molar-refractivity contribution is 5.85. The normalized spacial score (nSPS) is 10.8. The highest BCUT2D eigenvalue weighted by atomic mass is 14.9.